The quantitative estimate of drug-likeness (QED) is 0.0832. The fraction of sp³-hybridized carbons (Fsp3) is 0.289. The van der Waals surface area contributed by atoms with Gasteiger partial charge in [-0.3, -0.25) is 4.79 Å². The highest BCUT2D eigenvalue weighted by molar-refractivity contribution is 7.87. The van der Waals surface area contributed by atoms with Gasteiger partial charge in [-0.2, -0.15) is 16.8 Å². The number of hydrogen-bond donors (Lipinski definition) is 0. The Morgan fingerprint density at radius 3 is 1.87 bits per heavy atom. The van der Waals surface area contributed by atoms with Gasteiger partial charge in [0, 0.05) is 42.7 Å². The number of benzene rings is 5. The van der Waals surface area contributed by atoms with Gasteiger partial charge in [0.1, 0.15) is 39.2 Å². The molecule has 13 nitrogen and oxygen atoms in total. The Kier molecular flexibility index (Phi) is 11.8. The van der Waals surface area contributed by atoms with Gasteiger partial charge in [-0.25, -0.2) is 4.79 Å². The molecule has 1 fully saturated rings. The van der Waals surface area contributed by atoms with Crippen LogP contribution in [0.15, 0.2) is 119 Å². The lowest BCUT2D eigenvalue weighted by Crippen LogP contribution is -2.47. The van der Waals surface area contributed by atoms with Crippen molar-refractivity contribution in [3.63, 3.8) is 0 Å². The average Bonchev–Trinajstić information content (AvgIpc) is 3.62. The van der Waals surface area contributed by atoms with Crippen LogP contribution < -0.4 is 17.8 Å². The number of fused-ring (bicyclic) bond motifs is 1. The van der Waals surface area contributed by atoms with Crippen LogP contribution in [0.5, 0.6) is 23.0 Å². The van der Waals surface area contributed by atoms with Crippen LogP contribution in [0.2, 0.25) is 0 Å². The number of nitrogens with zero attached hydrogens (tertiary/aromatic N) is 2. The molecule has 1 saturated heterocycles. The molecular weight excluding hydrogens is 809 g/mol. The Morgan fingerprint density at radius 1 is 0.683 bits per heavy atom. The number of likely N-dealkylation sites (tertiary alicyclic amines) is 1. The van der Waals surface area contributed by atoms with Crippen molar-refractivity contribution in [2.75, 3.05) is 13.1 Å². The van der Waals surface area contributed by atoms with Crippen molar-refractivity contribution in [3.05, 3.63) is 143 Å². The zero-order valence-electron chi connectivity index (χ0n) is 33.9. The summed E-state index contributed by atoms with van der Waals surface area (Å²) in [6.45, 7) is 10.5. The molecule has 0 N–H and O–H groups in total. The molecular formula is C45H46N2O11S2. The van der Waals surface area contributed by atoms with E-state index in [0.717, 1.165) is 29.2 Å². The Labute approximate surface area is 350 Å². The van der Waals surface area contributed by atoms with E-state index in [2.05, 4.69) is 0 Å². The molecule has 5 aromatic rings. The maximum absolute atomic E-state index is 14.9. The van der Waals surface area contributed by atoms with E-state index in [0.29, 0.717) is 30.0 Å². The average molecular weight is 855 g/mol. The molecule has 2 aliphatic heterocycles. The first-order valence-electron chi connectivity index (χ1n) is 19.4. The Morgan fingerprint density at radius 2 is 1.28 bits per heavy atom. The van der Waals surface area contributed by atoms with Gasteiger partial charge in [-0.05, 0) is 61.7 Å². The van der Waals surface area contributed by atoms with Crippen molar-refractivity contribution in [1.29, 1.82) is 0 Å². The van der Waals surface area contributed by atoms with E-state index in [9.17, 15) is 26.4 Å². The highest BCUT2D eigenvalue weighted by Gasteiger charge is 2.37. The van der Waals surface area contributed by atoms with E-state index < -0.39 is 49.7 Å². The summed E-state index contributed by atoms with van der Waals surface area (Å²) in [5, 5.41) is 0. The van der Waals surface area contributed by atoms with Gasteiger partial charge in [0.2, 0.25) is 0 Å². The highest BCUT2D eigenvalue weighted by atomic mass is 32.2. The number of hydrogen-bond acceptors (Lipinski definition) is 11. The van der Waals surface area contributed by atoms with E-state index >= 15 is 0 Å². The number of carbonyl (C=O) groups excluding carboxylic acids is 2. The van der Waals surface area contributed by atoms with Crippen LogP contribution >= 0.6 is 0 Å². The molecule has 0 radical (unpaired) electrons. The molecule has 314 valence electrons. The zero-order valence-corrected chi connectivity index (χ0v) is 35.5. The summed E-state index contributed by atoms with van der Waals surface area (Å²) < 4.78 is 84.7. The minimum Gasteiger partial charge on any atom is -0.488 e. The van der Waals surface area contributed by atoms with Crippen molar-refractivity contribution in [3.8, 4) is 23.0 Å². The number of amides is 2. The summed E-state index contributed by atoms with van der Waals surface area (Å²) in [6.07, 6.45) is -0.533. The first-order chi connectivity index (χ1) is 28.5. The minimum absolute atomic E-state index is 0.0175. The standard InChI is InChI=1S/C45H46N2O11S2/c1-30-15-19-35(20-16-30)59(50,51)57-34-25-39(54-29-32-11-7-6-8-12-32)41(40(26-34)58-60(52,53)36-21-17-31(2)18-22-36)42(48)47-27-33-13-9-14-38(37(33)28-47)55-43(45(3,4)5)56-44(49)46-23-10-24-46/h6-9,11-22,25-26,43H,10,23-24,27-29H2,1-5H3. The summed E-state index contributed by atoms with van der Waals surface area (Å²) in [4.78, 5) is 30.5. The fourth-order valence-electron chi connectivity index (χ4n) is 6.45. The maximum atomic E-state index is 14.9. The minimum atomic E-state index is -4.61. The molecule has 2 aliphatic rings. The highest BCUT2D eigenvalue weighted by Crippen LogP contribution is 2.41. The summed E-state index contributed by atoms with van der Waals surface area (Å²) in [7, 11) is -9.07. The molecule has 1 unspecified atom stereocenters. The SMILES string of the molecule is Cc1ccc(S(=O)(=O)Oc2cc(OCc3ccccc3)c(C(=O)N3Cc4cccc(OC(OC(=O)N5CCC5)C(C)(C)C)c4C3)c(OS(=O)(=O)c3ccc(C)cc3)c2)cc1. The van der Waals surface area contributed by atoms with Crippen molar-refractivity contribution in [2.24, 2.45) is 5.41 Å². The largest absolute Gasteiger partial charge is 0.488 e. The predicted molar refractivity (Wildman–Crippen MR) is 222 cm³/mol. The first kappa shape index (κ1) is 42.1. The van der Waals surface area contributed by atoms with Gasteiger partial charge >= 0.3 is 26.3 Å². The van der Waals surface area contributed by atoms with Gasteiger partial charge < -0.3 is 32.4 Å². The molecule has 0 aliphatic carbocycles. The number of carbonyl (C=O) groups is 2. The summed E-state index contributed by atoms with van der Waals surface area (Å²) in [5.74, 6) is -1.33. The number of rotatable bonds is 13. The maximum Gasteiger partial charge on any atom is 0.412 e. The van der Waals surface area contributed by atoms with E-state index in [1.165, 1.54) is 35.2 Å². The monoisotopic (exact) mass is 854 g/mol. The lowest BCUT2D eigenvalue weighted by Gasteiger charge is -2.35. The molecule has 2 heterocycles. The molecule has 0 aromatic heterocycles. The number of ether oxygens (including phenoxy) is 3. The van der Waals surface area contributed by atoms with Gasteiger partial charge in [0.25, 0.3) is 12.2 Å². The van der Waals surface area contributed by atoms with E-state index in [1.807, 2.05) is 39.8 Å². The second-order valence-electron chi connectivity index (χ2n) is 15.9. The molecule has 5 aromatic carbocycles. The second-order valence-corrected chi connectivity index (χ2v) is 19.0. The first-order valence-corrected chi connectivity index (χ1v) is 22.2. The van der Waals surface area contributed by atoms with Crippen LogP contribution in [0.1, 0.15) is 65.4 Å². The van der Waals surface area contributed by atoms with Crippen LogP contribution in [0, 0.1) is 19.3 Å². The van der Waals surface area contributed by atoms with Crippen molar-refractivity contribution >= 4 is 32.2 Å². The Bertz CT molecular complexity index is 2610. The van der Waals surface area contributed by atoms with E-state index in [1.54, 1.807) is 72.5 Å². The Hall–Kier alpha value is -6.06. The molecule has 15 heteroatoms. The lowest BCUT2D eigenvalue weighted by atomic mass is 9.96. The second kappa shape index (κ2) is 16.9. The van der Waals surface area contributed by atoms with Crippen LogP contribution in [-0.4, -0.2) is 58.0 Å². The Balaban J connectivity index is 1.28. The molecule has 0 spiro atoms. The van der Waals surface area contributed by atoms with Gasteiger partial charge in [-0.15, -0.1) is 0 Å². The normalized spacial score (nSPS) is 14.4. The fourth-order valence-corrected chi connectivity index (χ4v) is 8.30. The third-order valence-electron chi connectivity index (χ3n) is 10.0. The van der Waals surface area contributed by atoms with Crippen LogP contribution in [0.3, 0.4) is 0 Å². The zero-order chi connectivity index (χ0) is 42.8. The third-order valence-corrected chi connectivity index (χ3v) is 12.5. The third kappa shape index (κ3) is 9.53. The molecule has 60 heavy (non-hydrogen) atoms. The van der Waals surface area contributed by atoms with E-state index in [-0.39, 0.29) is 46.5 Å². The molecule has 2 amide bonds. The van der Waals surface area contributed by atoms with Crippen molar-refractivity contribution in [2.45, 2.75) is 76.8 Å². The van der Waals surface area contributed by atoms with Gasteiger partial charge in [0.05, 0.1) is 6.54 Å². The summed E-state index contributed by atoms with van der Waals surface area (Å²) in [5.41, 5.74) is 2.84. The topological polar surface area (TPSA) is 155 Å². The van der Waals surface area contributed by atoms with Crippen molar-refractivity contribution in [1.82, 2.24) is 9.80 Å². The van der Waals surface area contributed by atoms with Crippen LogP contribution in [0.25, 0.3) is 0 Å². The molecule has 1 atom stereocenters. The predicted octanol–water partition coefficient (Wildman–Crippen LogP) is 8.17. The van der Waals surface area contributed by atoms with E-state index in [4.69, 9.17) is 22.6 Å². The van der Waals surface area contributed by atoms with Crippen LogP contribution in [-0.2, 0) is 44.7 Å². The summed E-state index contributed by atoms with van der Waals surface area (Å²) >= 11 is 0. The van der Waals surface area contributed by atoms with Gasteiger partial charge in [-0.1, -0.05) is 98.6 Å². The van der Waals surface area contributed by atoms with Crippen LogP contribution in [0.4, 0.5) is 4.79 Å². The van der Waals surface area contributed by atoms with Crippen molar-refractivity contribution < 1.29 is 49.0 Å². The lowest BCUT2D eigenvalue weighted by molar-refractivity contribution is -0.111. The summed E-state index contributed by atoms with van der Waals surface area (Å²) in [6, 6.07) is 28.6. The smallest absolute Gasteiger partial charge is 0.412 e. The molecule has 0 bridgehead atoms. The number of aryl methyl sites for hydroxylation is 2. The van der Waals surface area contributed by atoms with Gasteiger partial charge in [0.15, 0.2) is 5.75 Å². The molecule has 0 saturated carbocycles. The molecule has 7 rings (SSSR count).